The van der Waals surface area contributed by atoms with Crippen molar-refractivity contribution in [3.8, 4) is 11.1 Å². The van der Waals surface area contributed by atoms with Crippen molar-refractivity contribution < 1.29 is 14.4 Å². The van der Waals surface area contributed by atoms with E-state index in [2.05, 4.69) is 35.1 Å². The van der Waals surface area contributed by atoms with Crippen LogP contribution in [0, 0.1) is 0 Å². The van der Waals surface area contributed by atoms with Crippen LogP contribution in [-0.4, -0.2) is 23.4 Å². The minimum atomic E-state index is -0.388. The van der Waals surface area contributed by atoms with Crippen LogP contribution >= 0.6 is 0 Å². The maximum atomic E-state index is 12.1. The van der Waals surface area contributed by atoms with E-state index >= 15 is 0 Å². The third-order valence-corrected chi connectivity index (χ3v) is 5.51. The highest BCUT2D eigenvalue weighted by Gasteiger charge is 2.19. The normalized spacial score (nSPS) is 13.2. The fourth-order valence-electron chi connectivity index (χ4n) is 3.81. The molecule has 1 heterocycles. The molecule has 0 bridgehead atoms. The van der Waals surface area contributed by atoms with Crippen molar-refractivity contribution in [3.63, 3.8) is 0 Å². The van der Waals surface area contributed by atoms with Crippen LogP contribution in [0.1, 0.15) is 29.5 Å². The Morgan fingerprint density at radius 1 is 0.906 bits per heavy atom. The molecule has 3 amide bonds. The molecule has 1 aliphatic heterocycles. The molecule has 0 atom stereocenters. The van der Waals surface area contributed by atoms with E-state index in [0.717, 1.165) is 40.8 Å². The molecule has 3 aromatic rings. The second-order valence-corrected chi connectivity index (χ2v) is 7.83. The highest BCUT2D eigenvalue weighted by atomic mass is 16.7. The summed E-state index contributed by atoms with van der Waals surface area (Å²) in [5.41, 5.74) is 7.66. The number of carbonyl (C=O) groups is 2. The Hall–Kier alpha value is -3.64. The summed E-state index contributed by atoms with van der Waals surface area (Å²) in [7, 11) is 0. The molecule has 0 spiro atoms. The Morgan fingerprint density at radius 3 is 2.41 bits per heavy atom. The molecule has 0 aliphatic carbocycles. The minimum Gasteiger partial charge on any atom is -0.338 e. The van der Waals surface area contributed by atoms with Gasteiger partial charge in [0, 0.05) is 26.1 Å². The highest BCUT2D eigenvalue weighted by molar-refractivity contribution is 5.78. The van der Waals surface area contributed by atoms with Crippen molar-refractivity contribution in [3.05, 3.63) is 95.6 Å². The van der Waals surface area contributed by atoms with Gasteiger partial charge in [-0.2, -0.15) is 0 Å². The predicted molar refractivity (Wildman–Crippen MR) is 123 cm³/mol. The molecule has 0 unspecified atom stereocenters. The SMILES string of the molecule is O=C(NCc1ccccc1-c1ccc(CN2CCCC2=O)cc1)NOCc1ccccc1. The molecule has 6 heteroatoms. The maximum absolute atomic E-state index is 12.1. The summed E-state index contributed by atoms with van der Waals surface area (Å²) in [6.45, 7) is 2.18. The predicted octanol–water partition coefficient (Wildman–Crippen LogP) is 4.41. The topological polar surface area (TPSA) is 70.7 Å². The van der Waals surface area contributed by atoms with Gasteiger partial charge in [0.2, 0.25) is 5.91 Å². The number of carbonyl (C=O) groups excluding carboxylic acids is 2. The lowest BCUT2D eigenvalue weighted by molar-refractivity contribution is -0.128. The summed E-state index contributed by atoms with van der Waals surface area (Å²) in [5.74, 6) is 0.233. The smallest absolute Gasteiger partial charge is 0.338 e. The zero-order chi connectivity index (χ0) is 22.2. The molecule has 164 valence electrons. The number of amides is 3. The molecule has 3 aromatic carbocycles. The zero-order valence-electron chi connectivity index (χ0n) is 17.9. The average molecular weight is 430 g/mol. The van der Waals surface area contributed by atoms with Crippen molar-refractivity contribution in [2.24, 2.45) is 0 Å². The van der Waals surface area contributed by atoms with Crippen LogP contribution in [0.3, 0.4) is 0 Å². The van der Waals surface area contributed by atoms with Crippen molar-refractivity contribution >= 4 is 11.9 Å². The summed E-state index contributed by atoms with van der Waals surface area (Å²) in [6.07, 6.45) is 1.60. The Bertz CT molecular complexity index is 1050. The molecule has 0 saturated carbocycles. The van der Waals surface area contributed by atoms with Crippen molar-refractivity contribution in [2.45, 2.75) is 32.5 Å². The number of nitrogens with zero attached hydrogens (tertiary/aromatic N) is 1. The van der Waals surface area contributed by atoms with Crippen molar-refractivity contribution in [1.82, 2.24) is 15.7 Å². The molecule has 0 radical (unpaired) electrons. The van der Waals surface area contributed by atoms with Crippen LogP contribution in [0.2, 0.25) is 0 Å². The fourth-order valence-corrected chi connectivity index (χ4v) is 3.81. The number of hydroxylamine groups is 1. The number of likely N-dealkylation sites (tertiary alicyclic amines) is 1. The number of hydrogen-bond donors (Lipinski definition) is 2. The fraction of sp³-hybridized carbons (Fsp3) is 0.231. The monoisotopic (exact) mass is 429 g/mol. The standard InChI is InChI=1S/C26H27N3O3/c30-25-11-6-16-29(25)18-20-12-14-22(15-13-20)24-10-5-4-9-23(24)17-27-26(31)28-32-19-21-7-2-1-3-8-21/h1-5,7-10,12-15H,6,11,16-19H2,(H2,27,28,31). The number of rotatable bonds is 8. The van der Waals surface area contributed by atoms with Crippen LogP contribution < -0.4 is 10.8 Å². The van der Waals surface area contributed by atoms with E-state index < -0.39 is 0 Å². The quantitative estimate of drug-likeness (QED) is 0.521. The zero-order valence-corrected chi connectivity index (χ0v) is 17.9. The first-order valence-electron chi connectivity index (χ1n) is 10.8. The number of benzene rings is 3. The van der Waals surface area contributed by atoms with E-state index in [1.54, 1.807) is 0 Å². The van der Waals surface area contributed by atoms with Gasteiger partial charge in [0.1, 0.15) is 0 Å². The van der Waals surface area contributed by atoms with Gasteiger partial charge in [0.15, 0.2) is 0 Å². The summed E-state index contributed by atoms with van der Waals surface area (Å²) < 4.78 is 0. The Morgan fingerprint density at radius 2 is 1.66 bits per heavy atom. The van der Waals surface area contributed by atoms with E-state index in [-0.39, 0.29) is 11.9 Å². The van der Waals surface area contributed by atoms with Gasteiger partial charge in [-0.25, -0.2) is 10.3 Å². The summed E-state index contributed by atoms with van der Waals surface area (Å²) in [6, 6.07) is 25.5. The number of hydrogen-bond acceptors (Lipinski definition) is 3. The largest absolute Gasteiger partial charge is 0.338 e. The molecule has 6 nitrogen and oxygen atoms in total. The van der Waals surface area contributed by atoms with Crippen LogP contribution in [0.5, 0.6) is 0 Å². The van der Waals surface area contributed by atoms with Crippen LogP contribution in [-0.2, 0) is 29.3 Å². The second-order valence-electron chi connectivity index (χ2n) is 7.83. The average Bonchev–Trinajstić information content (AvgIpc) is 3.23. The molecular formula is C26H27N3O3. The van der Waals surface area contributed by atoms with Gasteiger partial charge < -0.3 is 10.2 Å². The number of nitrogens with one attached hydrogen (secondary N) is 2. The van der Waals surface area contributed by atoms with Gasteiger partial charge in [-0.15, -0.1) is 0 Å². The van der Waals surface area contributed by atoms with E-state index in [4.69, 9.17) is 4.84 Å². The molecular weight excluding hydrogens is 402 g/mol. The third kappa shape index (κ3) is 5.74. The Balaban J connectivity index is 1.32. The van der Waals surface area contributed by atoms with Crippen LogP contribution in [0.15, 0.2) is 78.9 Å². The summed E-state index contributed by atoms with van der Waals surface area (Å²) in [4.78, 5) is 31.1. The molecule has 1 aliphatic rings. The first-order valence-corrected chi connectivity index (χ1v) is 10.8. The first-order chi connectivity index (χ1) is 15.7. The lowest BCUT2D eigenvalue weighted by atomic mass is 9.98. The van der Waals surface area contributed by atoms with Gasteiger partial charge in [-0.3, -0.25) is 9.63 Å². The Kier molecular flexibility index (Phi) is 7.15. The molecule has 1 saturated heterocycles. The van der Waals surface area contributed by atoms with Gasteiger partial charge in [0.25, 0.3) is 0 Å². The summed E-state index contributed by atoms with van der Waals surface area (Å²) >= 11 is 0. The third-order valence-electron chi connectivity index (χ3n) is 5.51. The van der Waals surface area contributed by atoms with Crippen LogP contribution in [0.25, 0.3) is 11.1 Å². The Labute approximate surface area is 188 Å². The molecule has 2 N–H and O–H groups in total. The second kappa shape index (κ2) is 10.6. The van der Waals surface area contributed by atoms with Gasteiger partial charge >= 0.3 is 6.03 Å². The van der Waals surface area contributed by atoms with E-state index in [9.17, 15) is 9.59 Å². The van der Waals surface area contributed by atoms with E-state index in [1.807, 2.05) is 59.5 Å². The molecule has 32 heavy (non-hydrogen) atoms. The molecule has 4 rings (SSSR count). The first kappa shape index (κ1) is 21.6. The number of urea groups is 1. The molecule has 1 fully saturated rings. The minimum absolute atomic E-state index is 0.233. The maximum Gasteiger partial charge on any atom is 0.338 e. The van der Waals surface area contributed by atoms with E-state index in [0.29, 0.717) is 26.1 Å². The molecule has 0 aromatic heterocycles. The van der Waals surface area contributed by atoms with Gasteiger partial charge in [-0.05, 0) is 34.2 Å². The van der Waals surface area contributed by atoms with Crippen molar-refractivity contribution in [2.75, 3.05) is 6.54 Å². The highest BCUT2D eigenvalue weighted by Crippen LogP contribution is 2.25. The van der Waals surface area contributed by atoms with Crippen LogP contribution in [0.4, 0.5) is 4.79 Å². The van der Waals surface area contributed by atoms with Gasteiger partial charge in [0.05, 0.1) is 6.61 Å². The van der Waals surface area contributed by atoms with Gasteiger partial charge in [-0.1, -0.05) is 78.9 Å². The summed E-state index contributed by atoms with van der Waals surface area (Å²) in [5, 5.41) is 2.84. The van der Waals surface area contributed by atoms with E-state index in [1.165, 1.54) is 0 Å². The van der Waals surface area contributed by atoms with Crippen molar-refractivity contribution in [1.29, 1.82) is 0 Å². The lowest BCUT2D eigenvalue weighted by Crippen LogP contribution is -2.35. The lowest BCUT2D eigenvalue weighted by Gasteiger charge is -2.16.